The van der Waals surface area contributed by atoms with E-state index in [1.807, 2.05) is 12.2 Å². The van der Waals surface area contributed by atoms with Gasteiger partial charge in [0.2, 0.25) is 0 Å². The second kappa shape index (κ2) is 11.6. The molecule has 0 aliphatic carbocycles. The fraction of sp³-hybridized carbons (Fsp3) is 0.0192. The first kappa shape index (κ1) is 30.3. The van der Waals surface area contributed by atoms with Crippen molar-refractivity contribution in [2.24, 2.45) is 15.0 Å². The quantitative estimate of drug-likeness (QED) is 0.130. The monoisotopic (exact) mass is 697 g/mol. The van der Waals surface area contributed by atoms with Crippen LogP contribution in [0.5, 0.6) is 0 Å². The van der Waals surface area contributed by atoms with Crippen LogP contribution < -0.4 is 0 Å². The van der Waals surface area contributed by atoms with Crippen LogP contribution >= 0.6 is 0 Å². The van der Waals surface area contributed by atoms with Crippen LogP contribution in [-0.4, -0.2) is 23.9 Å². The van der Waals surface area contributed by atoms with Crippen molar-refractivity contribution in [1.82, 2.24) is 0 Å². The first-order chi connectivity index (χ1) is 27.3. The van der Waals surface area contributed by atoms with E-state index in [4.69, 9.17) is 9.98 Å². The van der Waals surface area contributed by atoms with Gasteiger partial charge in [-0.1, -0.05) is 158 Å². The molecule has 0 fully saturated rings. The largest absolute Gasteiger partial charge is 0.250 e. The minimum atomic E-state index is -0.0939. The van der Waals surface area contributed by atoms with Crippen LogP contribution in [0.1, 0.15) is 5.56 Å². The molecule has 0 spiro atoms. The van der Waals surface area contributed by atoms with E-state index in [0.29, 0.717) is 0 Å². The maximum absolute atomic E-state index is 4.83. The van der Waals surface area contributed by atoms with Crippen molar-refractivity contribution in [3.63, 3.8) is 0 Å². The lowest BCUT2D eigenvalue weighted by Crippen LogP contribution is -2.12. The molecule has 1 unspecified atom stereocenters. The van der Waals surface area contributed by atoms with Crippen molar-refractivity contribution in [2.75, 3.05) is 0 Å². The van der Waals surface area contributed by atoms with Crippen molar-refractivity contribution in [3.8, 4) is 22.3 Å². The summed E-state index contributed by atoms with van der Waals surface area (Å²) in [6.45, 7) is 0. The summed E-state index contributed by atoms with van der Waals surface area (Å²) >= 11 is 0. The van der Waals surface area contributed by atoms with E-state index in [9.17, 15) is 0 Å². The van der Waals surface area contributed by atoms with Gasteiger partial charge in [-0.2, -0.15) is 0 Å². The molecular weight excluding hydrogens is 667 g/mol. The Bertz CT molecular complexity index is 3360. The van der Waals surface area contributed by atoms with Crippen LogP contribution in [-0.2, 0) is 0 Å². The zero-order valence-electron chi connectivity index (χ0n) is 29.7. The molecule has 12 rings (SSSR count). The highest BCUT2D eigenvalue weighted by Crippen LogP contribution is 2.47. The highest BCUT2D eigenvalue weighted by molar-refractivity contribution is 6.34. The van der Waals surface area contributed by atoms with Crippen molar-refractivity contribution in [1.29, 1.82) is 0 Å². The minimum Gasteiger partial charge on any atom is -0.250 e. The van der Waals surface area contributed by atoms with Crippen LogP contribution in [0.25, 0.3) is 97.7 Å². The zero-order valence-corrected chi connectivity index (χ0v) is 29.7. The van der Waals surface area contributed by atoms with E-state index >= 15 is 0 Å². The molecule has 10 aromatic rings. The van der Waals surface area contributed by atoms with E-state index in [-0.39, 0.29) is 6.04 Å². The molecule has 0 N–H and O–H groups in total. The molecule has 2 aliphatic heterocycles. The number of dihydropyridines is 1. The van der Waals surface area contributed by atoms with Gasteiger partial charge in [-0.25, -0.2) is 9.98 Å². The summed E-state index contributed by atoms with van der Waals surface area (Å²) in [7, 11) is 0. The van der Waals surface area contributed by atoms with Crippen molar-refractivity contribution in [3.05, 3.63) is 182 Å². The Hall–Kier alpha value is -7.23. The van der Waals surface area contributed by atoms with Crippen molar-refractivity contribution < 1.29 is 0 Å². The summed E-state index contributed by atoms with van der Waals surface area (Å²) in [4.78, 5) is 14.0. The maximum Gasteiger partial charge on any atom is 0.159 e. The average molecular weight is 698 g/mol. The predicted molar refractivity (Wildman–Crippen MR) is 235 cm³/mol. The molecule has 3 nitrogen and oxygen atoms in total. The van der Waals surface area contributed by atoms with Gasteiger partial charge in [0.15, 0.2) is 11.7 Å². The lowest BCUT2D eigenvalue weighted by Gasteiger charge is -2.19. The number of allylic oxidation sites excluding steroid dienone is 1. The minimum absolute atomic E-state index is 0.0939. The summed E-state index contributed by atoms with van der Waals surface area (Å²) in [5.41, 5.74) is 5.86. The summed E-state index contributed by atoms with van der Waals surface area (Å²) in [5, 5.41) is 17.7. The Morgan fingerprint density at radius 2 is 0.891 bits per heavy atom. The summed E-state index contributed by atoms with van der Waals surface area (Å²) in [6, 6.07) is 60.6. The molecule has 254 valence electrons. The molecule has 0 bridgehead atoms. The first-order valence-corrected chi connectivity index (χ1v) is 18.9. The molecule has 0 aromatic heterocycles. The van der Waals surface area contributed by atoms with Crippen LogP contribution in [0.2, 0.25) is 0 Å². The number of amidine groups is 2. The van der Waals surface area contributed by atoms with Crippen LogP contribution in [0.15, 0.2) is 191 Å². The molecule has 0 saturated carbocycles. The molecule has 1 atom stereocenters. The summed E-state index contributed by atoms with van der Waals surface area (Å²) < 4.78 is 0. The fourth-order valence-electron chi connectivity index (χ4n) is 9.31. The van der Waals surface area contributed by atoms with Crippen LogP contribution in [0.3, 0.4) is 0 Å². The van der Waals surface area contributed by atoms with Gasteiger partial charge in [0.1, 0.15) is 6.04 Å². The Balaban J connectivity index is 1.15. The molecular formula is C52H31N3. The molecule has 3 heteroatoms. The molecule has 0 amide bonds. The predicted octanol–water partition coefficient (Wildman–Crippen LogP) is 13.3. The molecule has 0 radical (unpaired) electrons. The van der Waals surface area contributed by atoms with Gasteiger partial charge in [0.05, 0.1) is 0 Å². The van der Waals surface area contributed by atoms with Gasteiger partial charge in [-0.15, -0.1) is 0 Å². The Morgan fingerprint density at radius 1 is 0.382 bits per heavy atom. The number of nitrogens with zero attached hydrogens (tertiary/aromatic N) is 3. The van der Waals surface area contributed by atoms with E-state index in [2.05, 4.69) is 169 Å². The molecule has 2 heterocycles. The first-order valence-electron chi connectivity index (χ1n) is 18.9. The van der Waals surface area contributed by atoms with Gasteiger partial charge in [0, 0.05) is 11.8 Å². The Morgan fingerprint density at radius 3 is 1.53 bits per heavy atom. The number of rotatable bonds is 3. The van der Waals surface area contributed by atoms with Gasteiger partial charge >= 0.3 is 0 Å². The highest BCUT2D eigenvalue weighted by Gasteiger charge is 2.23. The number of fused-ring (bicyclic) bond motifs is 8. The topological polar surface area (TPSA) is 37.1 Å². The number of aliphatic imine (C=N–C) groups is 3. The van der Waals surface area contributed by atoms with E-state index in [0.717, 1.165) is 22.8 Å². The fourth-order valence-corrected chi connectivity index (χ4v) is 9.31. The molecule has 55 heavy (non-hydrogen) atoms. The van der Waals surface area contributed by atoms with E-state index < -0.39 is 0 Å². The van der Waals surface area contributed by atoms with E-state index in [1.54, 1.807) is 6.21 Å². The van der Waals surface area contributed by atoms with Gasteiger partial charge < -0.3 is 0 Å². The highest BCUT2D eigenvalue weighted by atomic mass is 15.1. The van der Waals surface area contributed by atoms with Crippen molar-refractivity contribution in [2.45, 2.75) is 6.04 Å². The second-order valence-corrected chi connectivity index (χ2v) is 14.6. The molecule has 10 aromatic carbocycles. The van der Waals surface area contributed by atoms with Gasteiger partial charge in [-0.05, 0) is 116 Å². The standard InChI is InChI=1S/C52H31N3/c1-3-14-38-36(12-1)37-13-2-4-15-39(37)45-30-35(29-34-27-24-31-11-9-20-40(38)49(31)50(34)45)48-43-18-7-5-16-41(43)47(42-17-6-8-19-44(42)48)32-22-25-33(26-23-32)51-54-46-21-10-28-53-52(46)55-51/h1-30,46H. The summed E-state index contributed by atoms with van der Waals surface area (Å²) in [6.07, 6.45) is 5.76. The normalized spacial score (nSPS) is 15.2. The number of hydrogen-bond acceptors (Lipinski definition) is 3. The summed E-state index contributed by atoms with van der Waals surface area (Å²) in [5.74, 6) is 1.49. The maximum atomic E-state index is 4.83. The van der Waals surface area contributed by atoms with Crippen molar-refractivity contribution >= 4 is 93.3 Å². The van der Waals surface area contributed by atoms with Gasteiger partial charge in [0.25, 0.3) is 0 Å². The third-order valence-corrected chi connectivity index (χ3v) is 11.7. The Kier molecular flexibility index (Phi) is 6.40. The van der Waals surface area contributed by atoms with E-state index in [1.165, 1.54) is 92.1 Å². The number of hydrogen-bond donors (Lipinski definition) is 0. The second-order valence-electron chi connectivity index (χ2n) is 14.6. The zero-order chi connectivity index (χ0) is 36.0. The molecule has 0 saturated heterocycles. The third-order valence-electron chi connectivity index (χ3n) is 11.7. The van der Waals surface area contributed by atoms with Crippen LogP contribution in [0, 0.1) is 0 Å². The Labute approximate surface area is 316 Å². The smallest absolute Gasteiger partial charge is 0.159 e. The lowest BCUT2D eigenvalue weighted by molar-refractivity contribution is 1.09. The molecule has 2 aliphatic rings. The number of benzene rings is 9. The lowest BCUT2D eigenvalue weighted by atomic mass is 9.84. The van der Waals surface area contributed by atoms with Gasteiger partial charge in [-0.3, -0.25) is 4.99 Å². The average Bonchev–Trinajstić information content (AvgIpc) is 3.69. The van der Waals surface area contributed by atoms with Crippen LogP contribution in [0.4, 0.5) is 0 Å². The SMILES string of the molecule is C1=CC2N=C(c3ccc(-c4c5ccccc5c(-c5cc6ccc7cccc8c9ccccc9c9ccccc9c(c5)c6c78)c5ccccc45)cc3)N=C2N=C1. The third kappa shape index (κ3) is 4.47.